The Labute approximate surface area is 135 Å². The van der Waals surface area contributed by atoms with Crippen molar-refractivity contribution in [3.63, 3.8) is 0 Å². The Morgan fingerprint density at radius 1 is 1.30 bits per heavy atom. The summed E-state index contributed by atoms with van der Waals surface area (Å²) < 4.78 is 5.28. The summed E-state index contributed by atoms with van der Waals surface area (Å²) in [7, 11) is 0. The lowest BCUT2D eigenvalue weighted by atomic mass is 10.2. The molecule has 1 aromatic rings. The van der Waals surface area contributed by atoms with Gasteiger partial charge in [0, 0.05) is 44.5 Å². The molecule has 2 heterocycles. The van der Waals surface area contributed by atoms with E-state index in [2.05, 4.69) is 27.1 Å². The molecule has 2 amide bonds. The lowest BCUT2D eigenvalue weighted by Crippen LogP contribution is -2.41. The van der Waals surface area contributed by atoms with Gasteiger partial charge in [0.2, 0.25) is 0 Å². The number of carbonyl (C=O) groups is 2. The third kappa shape index (κ3) is 5.46. The van der Waals surface area contributed by atoms with E-state index in [9.17, 15) is 9.59 Å². The van der Waals surface area contributed by atoms with Crippen LogP contribution in [0.3, 0.4) is 0 Å². The zero-order valence-electron chi connectivity index (χ0n) is 13.1. The van der Waals surface area contributed by atoms with E-state index in [0.717, 1.165) is 32.8 Å². The first-order valence-electron chi connectivity index (χ1n) is 7.64. The van der Waals surface area contributed by atoms with Crippen molar-refractivity contribution in [3.8, 4) is 0 Å². The van der Waals surface area contributed by atoms with E-state index < -0.39 is 0 Å². The molecule has 7 heteroatoms. The van der Waals surface area contributed by atoms with Crippen molar-refractivity contribution in [1.82, 2.24) is 20.5 Å². The first kappa shape index (κ1) is 17.1. The fourth-order valence-electron chi connectivity index (χ4n) is 2.21. The highest BCUT2D eigenvalue weighted by molar-refractivity contribution is 5.98. The summed E-state index contributed by atoms with van der Waals surface area (Å²) >= 11 is 0. The average Bonchev–Trinajstić information content (AvgIpc) is 2.60. The Balaban J connectivity index is 1.83. The molecule has 2 rings (SSSR count). The van der Waals surface area contributed by atoms with Gasteiger partial charge in [-0.05, 0) is 12.1 Å². The van der Waals surface area contributed by atoms with Crippen LogP contribution in [0.15, 0.2) is 31.0 Å². The molecule has 0 spiro atoms. The Morgan fingerprint density at radius 2 is 2.09 bits per heavy atom. The van der Waals surface area contributed by atoms with Gasteiger partial charge >= 0.3 is 0 Å². The predicted molar refractivity (Wildman–Crippen MR) is 86.4 cm³/mol. The summed E-state index contributed by atoms with van der Waals surface area (Å²) in [6.45, 7) is 8.48. The second-order valence-electron chi connectivity index (χ2n) is 5.14. The van der Waals surface area contributed by atoms with Crippen LogP contribution in [0.1, 0.15) is 20.8 Å². The maximum Gasteiger partial charge on any atom is 0.270 e. The van der Waals surface area contributed by atoms with E-state index in [1.807, 2.05) is 0 Å². The number of hydrogen-bond donors (Lipinski definition) is 2. The molecule has 0 bridgehead atoms. The van der Waals surface area contributed by atoms with Crippen LogP contribution in [-0.4, -0.2) is 67.6 Å². The van der Waals surface area contributed by atoms with Crippen LogP contribution in [0, 0.1) is 0 Å². The minimum absolute atomic E-state index is 0.210. The van der Waals surface area contributed by atoms with Crippen molar-refractivity contribution in [1.29, 1.82) is 0 Å². The van der Waals surface area contributed by atoms with Crippen molar-refractivity contribution in [3.05, 3.63) is 42.2 Å². The van der Waals surface area contributed by atoms with E-state index >= 15 is 0 Å². The standard InChI is InChI=1S/C16H22N4O3/c1-2-4-18-16(22)14-12-13(3-5-17-14)15(21)19-6-7-20-8-10-23-11-9-20/h2-3,5,12H,1,4,6-11H2,(H,18,22)(H,19,21). The van der Waals surface area contributed by atoms with Crippen molar-refractivity contribution >= 4 is 11.8 Å². The van der Waals surface area contributed by atoms with Crippen molar-refractivity contribution < 1.29 is 14.3 Å². The quantitative estimate of drug-likeness (QED) is 0.695. The fraction of sp³-hybridized carbons (Fsp3) is 0.438. The Bertz CT molecular complexity index is 556. The van der Waals surface area contributed by atoms with Crippen molar-refractivity contribution in [2.45, 2.75) is 0 Å². The number of aromatic nitrogens is 1. The Kier molecular flexibility index (Phi) is 6.71. The van der Waals surface area contributed by atoms with Gasteiger partial charge in [-0.2, -0.15) is 0 Å². The maximum absolute atomic E-state index is 12.1. The fourth-order valence-corrected chi connectivity index (χ4v) is 2.21. The SMILES string of the molecule is C=CCNC(=O)c1cc(C(=O)NCCN2CCOCC2)ccn1. The molecule has 0 atom stereocenters. The van der Waals surface area contributed by atoms with Crippen LogP contribution in [0.4, 0.5) is 0 Å². The van der Waals surface area contributed by atoms with Crippen LogP contribution < -0.4 is 10.6 Å². The Morgan fingerprint density at radius 3 is 2.83 bits per heavy atom. The number of morpholine rings is 1. The van der Waals surface area contributed by atoms with Crippen LogP contribution in [0.2, 0.25) is 0 Å². The Hall–Kier alpha value is -2.25. The molecule has 7 nitrogen and oxygen atoms in total. The number of nitrogens with zero attached hydrogens (tertiary/aromatic N) is 2. The number of amides is 2. The molecule has 0 radical (unpaired) electrons. The highest BCUT2D eigenvalue weighted by atomic mass is 16.5. The maximum atomic E-state index is 12.1. The van der Waals surface area contributed by atoms with Gasteiger partial charge in [0.05, 0.1) is 13.2 Å². The van der Waals surface area contributed by atoms with Gasteiger partial charge in [0.15, 0.2) is 0 Å². The van der Waals surface area contributed by atoms with Gasteiger partial charge in [-0.25, -0.2) is 0 Å². The first-order valence-corrected chi connectivity index (χ1v) is 7.64. The number of rotatable bonds is 7. The molecule has 0 aromatic carbocycles. The molecule has 0 unspecified atom stereocenters. The van der Waals surface area contributed by atoms with Gasteiger partial charge in [-0.15, -0.1) is 6.58 Å². The minimum Gasteiger partial charge on any atom is -0.379 e. The summed E-state index contributed by atoms with van der Waals surface area (Å²) in [6, 6.07) is 3.08. The molecule has 1 aromatic heterocycles. The number of pyridine rings is 1. The average molecular weight is 318 g/mol. The molecule has 2 N–H and O–H groups in total. The largest absolute Gasteiger partial charge is 0.379 e. The smallest absolute Gasteiger partial charge is 0.270 e. The number of ether oxygens (including phenoxy) is 1. The second-order valence-corrected chi connectivity index (χ2v) is 5.14. The predicted octanol–water partition coefficient (Wildman–Crippen LogP) is 0.0594. The van der Waals surface area contributed by atoms with Gasteiger partial charge < -0.3 is 15.4 Å². The number of carbonyl (C=O) groups excluding carboxylic acids is 2. The molecule has 1 aliphatic rings. The summed E-state index contributed by atoms with van der Waals surface area (Å²) in [5.41, 5.74) is 0.637. The van der Waals surface area contributed by atoms with Crippen LogP contribution in [-0.2, 0) is 4.74 Å². The van der Waals surface area contributed by atoms with E-state index in [4.69, 9.17) is 4.74 Å². The summed E-state index contributed by atoms with van der Waals surface area (Å²) in [6.07, 6.45) is 3.04. The summed E-state index contributed by atoms with van der Waals surface area (Å²) in [4.78, 5) is 30.2. The molecule has 0 saturated carbocycles. The monoisotopic (exact) mass is 318 g/mol. The van der Waals surface area contributed by atoms with E-state index in [1.165, 1.54) is 12.3 Å². The molecule has 23 heavy (non-hydrogen) atoms. The molecule has 0 aliphatic carbocycles. The lowest BCUT2D eigenvalue weighted by molar-refractivity contribution is 0.0383. The minimum atomic E-state index is -0.326. The van der Waals surface area contributed by atoms with E-state index in [1.54, 1.807) is 12.1 Å². The normalized spacial score (nSPS) is 15.0. The van der Waals surface area contributed by atoms with Gasteiger partial charge in [-0.1, -0.05) is 6.08 Å². The lowest BCUT2D eigenvalue weighted by Gasteiger charge is -2.26. The summed E-state index contributed by atoms with van der Waals surface area (Å²) in [5.74, 6) is -0.536. The van der Waals surface area contributed by atoms with Crippen molar-refractivity contribution in [2.75, 3.05) is 45.9 Å². The molecular formula is C16H22N4O3. The number of hydrogen-bond acceptors (Lipinski definition) is 5. The van der Waals surface area contributed by atoms with Gasteiger partial charge in [0.25, 0.3) is 11.8 Å². The molecule has 1 saturated heterocycles. The molecule has 1 aliphatic heterocycles. The molecular weight excluding hydrogens is 296 g/mol. The first-order chi connectivity index (χ1) is 11.2. The highest BCUT2D eigenvalue weighted by Crippen LogP contribution is 2.02. The van der Waals surface area contributed by atoms with Gasteiger partial charge in [-0.3, -0.25) is 19.5 Å². The van der Waals surface area contributed by atoms with Crippen LogP contribution in [0.5, 0.6) is 0 Å². The topological polar surface area (TPSA) is 83.6 Å². The van der Waals surface area contributed by atoms with Crippen LogP contribution >= 0.6 is 0 Å². The zero-order valence-corrected chi connectivity index (χ0v) is 13.1. The summed E-state index contributed by atoms with van der Waals surface area (Å²) in [5, 5.41) is 5.49. The third-order valence-electron chi connectivity index (χ3n) is 3.48. The molecule has 124 valence electrons. The highest BCUT2D eigenvalue weighted by Gasteiger charge is 2.13. The second kappa shape index (κ2) is 9.02. The number of nitrogens with one attached hydrogen (secondary N) is 2. The van der Waals surface area contributed by atoms with Crippen LogP contribution in [0.25, 0.3) is 0 Å². The van der Waals surface area contributed by atoms with E-state index in [0.29, 0.717) is 18.7 Å². The van der Waals surface area contributed by atoms with Gasteiger partial charge in [0.1, 0.15) is 5.69 Å². The van der Waals surface area contributed by atoms with Crippen molar-refractivity contribution in [2.24, 2.45) is 0 Å². The van der Waals surface area contributed by atoms with E-state index in [-0.39, 0.29) is 17.5 Å². The third-order valence-corrected chi connectivity index (χ3v) is 3.48. The zero-order chi connectivity index (χ0) is 16.5. The molecule has 1 fully saturated rings.